The number of thioether (sulfide) groups is 2. The lowest BCUT2D eigenvalue weighted by Gasteiger charge is -2.43. The molecule has 5 aromatic carbocycles. The van der Waals surface area contributed by atoms with E-state index < -0.39 is 7.26 Å². The van der Waals surface area contributed by atoms with Crippen LogP contribution in [0, 0.1) is 0 Å². The molecule has 0 N–H and O–H groups in total. The Hall–Kier alpha value is -2.77. The molecule has 0 amide bonds. The van der Waals surface area contributed by atoms with Gasteiger partial charge in [-0.2, -0.15) is 0 Å². The van der Waals surface area contributed by atoms with Crippen molar-refractivity contribution in [3.63, 3.8) is 0 Å². The predicted octanol–water partition coefficient (Wildman–Crippen LogP) is 8.84. The summed E-state index contributed by atoms with van der Waals surface area (Å²) in [6, 6.07) is 56.9. The zero-order valence-corrected chi connectivity index (χ0v) is 24.6. The lowest BCUT2D eigenvalue weighted by Crippen LogP contribution is -2.38. The van der Waals surface area contributed by atoms with Crippen LogP contribution in [0.25, 0.3) is 0 Å². The first-order chi connectivity index (χ1) is 19.3. The normalized spacial score (nSPS) is 15.9. The highest BCUT2D eigenvalue weighted by Gasteiger charge is 2.56. The molecule has 0 aromatic heterocycles. The molecule has 3 heteroatoms. The van der Waals surface area contributed by atoms with Crippen molar-refractivity contribution in [1.29, 1.82) is 0 Å². The van der Waals surface area contributed by atoms with E-state index in [1.165, 1.54) is 45.0 Å². The maximum absolute atomic E-state index is 2.39. The highest BCUT2D eigenvalue weighted by Crippen LogP contribution is 2.71. The van der Waals surface area contributed by atoms with Crippen molar-refractivity contribution in [2.45, 2.75) is 22.6 Å². The molecule has 5 aromatic rings. The van der Waals surface area contributed by atoms with Crippen LogP contribution in [0.1, 0.15) is 29.6 Å². The Morgan fingerprint density at radius 3 is 1.33 bits per heavy atom. The molecule has 0 nitrogen and oxygen atoms in total. The highest BCUT2D eigenvalue weighted by atomic mass is 32.2. The van der Waals surface area contributed by atoms with E-state index in [1.54, 1.807) is 0 Å². The third-order valence-electron chi connectivity index (χ3n) is 7.78. The summed E-state index contributed by atoms with van der Waals surface area (Å²) in [7, 11) is -2.14. The van der Waals surface area contributed by atoms with Crippen LogP contribution in [-0.4, -0.2) is 11.5 Å². The van der Waals surface area contributed by atoms with E-state index in [9.17, 15) is 0 Å². The van der Waals surface area contributed by atoms with Crippen molar-refractivity contribution < 1.29 is 0 Å². The monoisotopic (exact) mass is 561 g/mol. The predicted molar refractivity (Wildman–Crippen MR) is 177 cm³/mol. The first-order valence-electron chi connectivity index (χ1n) is 13.8. The third kappa shape index (κ3) is 5.23. The molecule has 1 heterocycles. The second kappa shape index (κ2) is 12.2. The summed E-state index contributed by atoms with van der Waals surface area (Å²) in [5, 5.41) is 4.35. The molecular formula is C36H34PS2+. The first-order valence-corrected chi connectivity index (χ1v) is 17.6. The molecule has 1 saturated heterocycles. The van der Waals surface area contributed by atoms with E-state index in [2.05, 4.69) is 175 Å². The summed E-state index contributed by atoms with van der Waals surface area (Å²) in [5.41, 5.74) is 3.20. The van der Waals surface area contributed by atoms with Gasteiger partial charge in [0.05, 0.1) is 4.08 Å². The number of hydrogen-bond donors (Lipinski definition) is 0. The summed E-state index contributed by atoms with van der Waals surface area (Å²) in [6.07, 6.45) is 2.35. The van der Waals surface area contributed by atoms with Crippen LogP contribution < -0.4 is 15.9 Å². The zero-order valence-electron chi connectivity index (χ0n) is 22.1. The third-order valence-corrected chi connectivity index (χ3v) is 16.0. The van der Waals surface area contributed by atoms with Crippen LogP contribution in [0.3, 0.4) is 0 Å². The van der Waals surface area contributed by atoms with Crippen LogP contribution >= 0.6 is 30.8 Å². The number of hydrogen-bond acceptors (Lipinski definition) is 2. The molecule has 0 radical (unpaired) electrons. The van der Waals surface area contributed by atoms with Gasteiger partial charge in [0, 0.05) is 6.42 Å². The molecule has 194 valence electrons. The second-order valence-electron chi connectivity index (χ2n) is 10.0. The van der Waals surface area contributed by atoms with Gasteiger partial charge in [-0.15, -0.1) is 23.5 Å². The molecule has 0 saturated carbocycles. The van der Waals surface area contributed by atoms with Crippen LogP contribution in [0.5, 0.6) is 0 Å². The van der Waals surface area contributed by atoms with Crippen molar-refractivity contribution in [3.8, 4) is 0 Å². The van der Waals surface area contributed by atoms with Crippen LogP contribution in [-0.2, 0) is 4.08 Å². The molecule has 1 aliphatic rings. The van der Waals surface area contributed by atoms with E-state index in [-0.39, 0.29) is 4.08 Å². The van der Waals surface area contributed by atoms with Gasteiger partial charge in [0.2, 0.25) is 0 Å². The fourth-order valence-corrected chi connectivity index (χ4v) is 14.8. The molecule has 6 rings (SSSR count). The van der Waals surface area contributed by atoms with Crippen molar-refractivity contribution in [3.05, 3.63) is 163 Å². The molecule has 0 aliphatic carbocycles. The summed E-state index contributed by atoms with van der Waals surface area (Å²) in [5.74, 6) is 2.41. The topological polar surface area (TPSA) is 0 Å². The zero-order chi connectivity index (χ0) is 26.4. The highest BCUT2D eigenvalue weighted by molar-refractivity contribution is 8.18. The molecule has 1 fully saturated rings. The largest absolute Gasteiger partial charge is 0.139 e. The minimum absolute atomic E-state index is 0.00358. The average Bonchev–Trinajstić information content (AvgIpc) is 3.04. The van der Waals surface area contributed by atoms with E-state index in [1.807, 2.05) is 0 Å². The quantitative estimate of drug-likeness (QED) is 0.174. The second-order valence-corrected chi connectivity index (χ2v) is 16.7. The van der Waals surface area contributed by atoms with Crippen LogP contribution in [0.15, 0.2) is 152 Å². The van der Waals surface area contributed by atoms with Crippen molar-refractivity contribution in [1.82, 2.24) is 0 Å². The first kappa shape index (κ1) is 26.5. The summed E-state index contributed by atoms with van der Waals surface area (Å²) >= 11 is 4.34. The Morgan fingerprint density at radius 2 is 0.897 bits per heavy atom. The maximum atomic E-state index is 2.39. The van der Waals surface area contributed by atoms with Gasteiger partial charge in [0.15, 0.2) is 0 Å². The maximum Gasteiger partial charge on any atom is 0.119 e. The Labute approximate surface area is 242 Å². The Morgan fingerprint density at radius 1 is 0.513 bits per heavy atom. The van der Waals surface area contributed by atoms with Gasteiger partial charge in [-0.3, -0.25) is 0 Å². The molecule has 0 spiro atoms. The van der Waals surface area contributed by atoms with E-state index >= 15 is 0 Å². The number of benzene rings is 5. The van der Waals surface area contributed by atoms with E-state index in [4.69, 9.17) is 0 Å². The summed E-state index contributed by atoms with van der Waals surface area (Å²) in [6.45, 7) is 0. The van der Waals surface area contributed by atoms with Crippen LogP contribution in [0.2, 0.25) is 0 Å². The SMILES string of the molecule is c1ccc(C(CC2(c3ccccc3)SCCCS2)[P+](c2ccccc2)(c2ccccc2)c2ccccc2)cc1. The molecule has 1 unspecified atom stereocenters. The van der Waals surface area contributed by atoms with Gasteiger partial charge in [-0.1, -0.05) is 115 Å². The van der Waals surface area contributed by atoms with Crippen molar-refractivity contribution in [2.24, 2.45) is 0 Å². The smallest absolute Gasteiger partial charge is 0.119 e. The average molecular weight is 562 g/mol. The van der Waals surface area contributed by atoms with Gasteiger partial charge in [0.1, 0.15) is 28.8 Å². The minimum atomic E-state index is -2.14. The van der Waals surface area contributed by atoms with Gasteiger partial charge in [-0.25, -0.2) is 0 Å². The Bertz CT molecular complexity index is 1340. The standard InChI is InChI=1S/C36H34PS2/c1-6-17-30(18-7-1)35(29-36(38-27-16-28-39-36)31-19-8-2-9-20-31)37(32-21-10-3-11-22-32,33-23-12-4-13-24-33)34-25-14-5-15-26-34/h1-15,17-26,35H,16,27-29H2/q+1. The molecule has 39 heavy (non-hydrogen) atoms. The fourth-order valence-electron chi connectivity index (χ4n) is 6.05. The van der Waals surface area contributed by atoms with Crippen LogP contribution in [0.4, 0.5) is 0 Å². The Kier molecular flexibility index (Phi) is 8.26. The minimum Gasteiger partial charge on any atom is -0.139 e. The van der Waals surface area contributed by atoms with Crippen molar-refractivity contribution in [2.75, 3.05) is 11.5 Å². The van der Waals surface area contributed by atoms with Gasteiger partial charge in [0.25, 0.3) is 0 Å². The summed E-state index contributed by atoms with van der Waals surface area (Å²) < 4.78 is 0.00358. The fraction of sp³-hybridized carbons (Fsp3) is 0.167. The lowest BCUT2D eigenvalue weighted by molar-refractivity contribution is 0.726. The van der Waals surface area contributed by atoms with Gasteiger partial charge < -0.3 is 0 Å². The molecule has 1 aliphatic heterocycles. The van der Waals surface area contributed by atoms with E-state index in [0.717, 1.165) is 6.42 Å². The number of rotatable bonds is 8. The lowest BCUT2D eigenvalue weighted by atomic mass is 10.0. The van der Waals surface area contributed by atoms with E-state index in [0.29, 0.717) is 5.66 Å². The molecule has 1 atom stereocenters. The van der Waals surface area contributed by atoms with Crippen molar-refractivity contribution >= 4 is 46.7 Å². The molecular weight excluding hydrogens is 528 g/mol. The summed E-state index contributed by atoms with van der Waals surface area (Å²) in [4.78, 5) is 0. The van der Waals surface area contributed by atoms with Gasteiger partial charge >= 0.3 is 0 Å². The Balaban J connectivity index is 1.67. The van der Waals surface area contributed by atoms with Gasteiger partial charge in [-0.05, 0) is 65.5 Å². The molecule has 0 bridgehead atoms.